The molecular weight excluding hydrogens is 238 g/mol. The monoisotopic (exact) mass is 271 g/mol. The predicted octanol–water partition coefficient (Wildman–Crippen LogP) is 1.28. The minimum absolute atomic E-state index is 0.0760. The van der Waals surface area contributed by atoms with Crippen molar-refractivity contribution >= 4 is 0 Å². The van der Waals surface area contributed by atoms with Crippen LogP contribution in [0.25, 0.3) is 0 Å². The molecule has 0 saturated heterocycles. The van der Waals surface area contributed by atoms with Gasteiger partial charge in [-0.2, -0.15) is 0 Å². The summed E-state index contributed by atoms with van der Waals surface area (Å²) in [7, 11) is 6.62. The Morgan fingerprint density at radius 3 is 2.26 bits per heavy atom. The molecule has 4 heteroatoms. The van der Waals surface area contributed by atoms with Gasteiger partial charge in [-0.1, -0.05) is 6.42 Å². The zero-order chi connectivity index (χ0) is 14.5. The summed E-state index contributed by atoms with van der Waals surface area (Å²) in [6.45, 7) is 4.29. The highest BCUT2D eigenvalue weighted by atomic mass is 16.3. The first-order valence-corrected chi connectivity index (χ1v) is 7.57. The number of hydrogen-bond donors (Lipinski definition) is 2. The van der Waals surface area contributed by atoms with Crippen molar-refractivity contribution in [2.75, 3.05) is 40.8 Å². The minimum atomic E-state index is -0.405. The molecular formula is C15H33N3O. The Morgan fingerprint density at radius 1 is 1.21 bits per heavy atom. The molecule has 1 unspecified atom stereocenters. The van der Waals surface area contributed by atoms with Gasteiger partial charge in [-0.25, -0.2) is 0 Å². The largest absolute Gasteiger partial charge is 0.394 e. The van der Waals surface area contributed by atoms with Gasteiger partial charge in [-0.05, 0) is 66.7 Å². The first kappa shape index (κ1) is 16.9. The molecule has 1 rings (SSSR count). The molecule has 1 saturated carbocycles. The summed E-state index contributed by atoms with van der Waals surface area (Å²) < 4.78 is 0. The van der Waals surface area contributed by atoms with Crippen LogP contribution in [0.2, 0.25) is 0 Å². The van der Waals surface area contributed by atoms with Crippen molar-refractivity contribution in [3.8, 4) is 0 Å². The van der Waals surface area contributed by atoms with Crippen LogP contribution in [0.3, 0.4) is 0 Å². The third kappa shape index (κ3) is 5.03. The number of rotatable bonds is 9. The predicted molar refractivity (Wildman–Crippen MR) is 81.3 cm³/mol. The van der Waals surface area contributed by atoms with Crippen molar-refractivity contribution < 1.29 is 5.11 Å². The SMILES string of the molecule is CN(CCCCC(C)(N)CO)CC1(N(C)C)CCC1. The number of hydrogen-bond acceptors (Lipinski definition) is 4. The van der Waals surface area contributed by atoms with Gasteiger partial charge in [0.05, 0.1) is 6.61 Å². The number of aliphatic hydroxyl groups is 1. The Morgan fingerprint density at radius 2 is 1.84 bits per heavy atom. The van der Waals surface area contributed by atoms with Crippen LogP contribution in [0.4, 0.5) is 0 Å². The van der Waals surface area contributed by atoms with E-state index >= 15 is 0 Å². The highest BCUT2D eigenvalue weighted by Gasteiger charge is 2.39. The van der Waals surface area contributed by atoms with Gasteiger partial charge in [0.2, 0.25) is 0 Å². The molecule has 0 bridgehead atoms. The molecule has 0 amide bonds. The lowest BCUT2D eigenvalue weighted by Gasteiger charge is -2.49. The lowest BCUT2D eigenvalue weighted by Crippen LogP contribution is -2.56. The Bertz CT molecular complexity index is 262. The van der Waals surface area contributed by atoms with Crippen LogP contribution < -0.4 is 5.73 Å². The second kappa shape index (κ2) is 7.02. The Hall–Kier alpha value is -0.160. The van der Waals surface area contributed by atoms with Gasteiger partial charge in [0.25, 0.3) is 0 Å². The van der Waals surface area contributed by atoms with Crippen molar-refractivity contribution in [2.45, 2.75) is 56.5 Å². The molecule has 0 spiro atoms. The zero-order valence-corrected chi connectivity index (χ0v) is 13.3. The molecule has 114 valence electrons. The molecule has 0 aromatic rings. The Kier molecular flexibility index (Phi) is 6.24. The lowest BCUT2D eigenvalue weighted by molar-refractivity contribution is 0.0273. The van der Waals surface area contributed by atoms with E-state index in [9.17, 15) is 0 Å². The van der Waals surface area contributed by atoms with Crippen molar-refractivity contribution in [3.63, 3.8) is 0 Å². The molecule has 0 aromatic carbocycles. The zero-order valence-electron chi connectivity index (χ0n) is 13.3. The van der Waals surface area contributed by atoms with Crippen LogP contribution >= 0.6 is 0 Å². The van der Waals surface area contributed by atoms with Crippen molar-refractivity contribution in [1.29, 1.82) is 0 Å². The van der Waals surface area contributed by atoms with E-state index in [2.05, 4.69) is 30.9 Å². The number of likely N-dealkylation sites (N-methyl/N-ethyl adjacent to an activating group) is 2. The first-order valence-electron chi connectivity index (χ1n) is 7.57. The van der Waals surface area contributed by atoms with Crippen molar-refractivity contribution in [3.05, 3.63) is 0 Å². The molecule has 0 aliphatic heterocycles. The molecule has 3 N–H and O–H groups in total. The average Bonchev–Trinajstić information content (AvgIpc) is 2.29. The summed E-state index contributed by atoms with van der Waals surface area (Å²) in [4.78, 5) is 4.85. The fraction of sp³-hybridized carbons (Fsp3) is 1.00. The summed E-state index contributed by atoms with van der Waals surface area (Å²) in [5.74, 6) is 0. The van der Waals surface area contributed by atoms with Crippen LogP contribution in [-0.2, 0) is 0 Å². The summed E-state index contributed by atoms with van der Waals surface area (Å²) >= 11 is 0. The van der Waals surface area contributed by atoms with E-state index in [0.717, 1.165) is 25.8 Å². The summed E-state index contributed by atoms with van der Waals surface area (Å²) in [5.41, 5.74) is 5.95. The summed E-state index contributed by atoms with van der Waals surface area (Å²) in [6, 6.07) is 0. The molecule has 19 heavy (non-hydrogen) atoms. The van der Waals surface area contributed by atoms with Gasteiger partial charge < -0.3 is 20.6 Å². The highest BCUT2D eigenvalue weighted by Crippen LogP contribution is 2.36. The molecule has 1 aliphatic rings. The highest BCUT2D eigenvalue weighted by molar-refractivity contribution is 4.97. The second-order valence-electron chi connectivity index (χ2n) is 6.98. The van der Waals surface area contributed by atoms with E-state index in [1.165, 1.54) is 25.8 Å². The van der Waals surface area contributed by atoms with Gasteiger partial charge in [-0.15, -0.1) is 0 Å². The van der Waals surface area contributed by atoms with Gasteiger partial charge in [0.15, 0.2) is 0 Å². The number of aliphatic hydroxyl groups excluding tert-OH is 1. The van der Waals surface area contributed by atoms with Crippen molar-refractivity contribution in [1.82, 2.24) is 9.80 Å². The number of unbranched alkanes of at least 4 members (excludes halogenated alkanes) is 1. The van der Waals surface area contributed by atoms with Crippen LogP contribution in [0.5, 0.6) is 0 Å². The first-order chi connectivity index (χ1) is 8.81. The van der Waals surface area contributed by atoms with Gasteiger partial charge in [0, 0.05) is 17.6 Å². The van der Waals surface area contributed by atoms with Gasteiger partial charge in [0.1, 0.15) is 0 Å². The summed E-state index contributed by atoms with van der Waals surface area (Å²) in [6.07, 6.45) is 7.18. The van der Waals surface area contributed by atoms with E-state index in [1.54, 1.807) is 0 Å². The fourth-order valence-corrected chi connectivity index (χ4v) is 2.90. The molecule has 0 radical (unpaired) electrons. The van der Waals surface area contributed by atoms with E-state index in [0.29, 0.717) is 5.54 Å². The standard InChI is InChI=1S/C15H33N3O/c1-14(16,13-19)8-5-6-11-18(4)12-15(17(2)3)9-7-10-15/h19H,5-13,16H2,1-4H3. The van der Waals surface area contributed by atoms with E-state index in [1.807, 2.05) is 6.92 Å². The molecule has 1 atom stereocenters. The van der Waals surface area contributed by atoms with Crippen LogP contribution in [-0.4, -0.2) is 66.8 Å². The smallest absolute Gasteiger partial charge is 0.0608 e. The van der Waals surface area contributed by atoms with E-state index < -0.39 is 5.54 Å². The maximum absolute atomic E-state index is 9.12. The van der Waals surface area contributed by atoms with Crippen LogP contribution in [0.15, 0.2) is 0 Å². The molecule has 1 fully saturated rings. The summed E-state index contributed by atoms with van der Waals surface area (Å²) in [5, 5.41) is 9.12. The van der Waals surface area contributed by atoms with Crippen LogP contribution in [0, 0.1) is 0 Å². The van der Waals surface area contributed by atoms with E-state index in [4.69, 9.17) is 10.8 Å². The number of nitrogens with two attached hydrogens (primary N) is 1. The third-order valence-corrected chi connectivity index (χ3v) is 4.70. The van der Waals surface area contributed by atoms with Gasteiger partial charge in [-0.3, -0.25) is 0 Å². The van der Waals surface area contributed by atoms with Gasteiger partial charge >= 0.3 is 0 Å². The molecule has 0 heterocycles. The minimum Gasteiger partial charge on any atom is -0.394 e. The van der Waals surface area contributed by atoms with Crippen molar-refractivity contribution in [2.24, 2.45) is 5.73 Å². The average molecular weight is 271 g/mol. The lowest BCUT2D eigenvalue weighted by atomic mass is 9.75. The topological polar surface area (TPSA) is 52.7 Å². The van der Waals surface area contributed by atoms with Crippen LogP contribution in [0.1, 0.15) is 45.4 Å². The Balaban J connectivity index is 2.19. The quantitative estimate of drug-likeness (QED) is 0.620. The molecule has 1 aliphatic carbocycles. The second-order valence-corrected chi connectivity index (χ2v) is 6.98. The maximum Gasteiger partial charge on any atom is 0.0608 e. The maximum atomic E-state index is 9.12. The number of nitrogens with zero attached hydrogens (tertiary/aromatic N) is 2. The normalized spacial score (nSPS) is 21.5. The third-order valence-electron chi connectivity index (χ3n) is 4.70. The molecule has 0 aromatic heterocycles. The van der Waals surface area contributed by atoms with E-state index in [-0.39, 0.29) is 6.61 Å². The Labute approximate surface area is 118 Å². The molecule has 4 nitrogen and oxygen atoms in total. The fourth-order valence-electron chi connectivity index (χ4n) is 2.90.